The quantitative estimate of drug-likeness (QED) is 0.826. The Morgan fingerprint density at radius 2 is 2.30 bits per heavy atom. The van der Waals surface area contributed by atoms with Crippen molar-refractivity contribution in [2.24, 2.45) is 11.8 Å². The van der Waals surface area contributed by atoms with E-state index in [1.54, 1.807) is 0 Å². The molecule has 0 aliphatic carbocycles. The lowest BCUT2D eigenvalue weighted by Crippen LogP contribution is -2.22. The Balaban J connectivity index is 1.89. The fourth-order valence-electron chi connectivity index (χ4n) is 2.96. The van der Waals surface area contributed by atoms with Crippen LogP contribution in [0, 0.1) is 11.8 Å². The smallest absolute Gasteiger partial charge is 0.0562 e. The van der Waals surface area contributed by atoms with E-state index in [0.29, 0.717) is 5.92 Å². The molecule has 0 radical (unpaired) electrons. The fourth-order valence-corrected chi connectivity index (χ4v) is 2.96. The van der Waals surface area contributed by atoms with E-state index >= 15 is 0 Å². The first-order valence-electron chi connectivity index (χ1n) is 8.09. The van der Waals surface area contributed by atoms with Crippen molar-refractivity contribution in [2.45, 2.75) is 46.6 Å². The van der Waals surface area contributed by atoms with Crippen molar-refractivity contribution in [1.29, 1.82) is 0 Å². The SMILES string of the molecule is CCCC1CCN(c2ccnc(CNCC(C)C)c2)C1. The van der Waals surface area contributed by atoms with Gasteiger partial charge in [-0.05, 0) is 43.4 Å². The second-order valence-electron chi connectivity index (χ2n) is 6.42. The summed E-state index contributed by atoms with van der Waals surface area (Å²) in [4.78, 5) is 7.00. The summed E-state index contributed by atoms with van der Waals surface area (Å²) in [6, 6.07) is 4.40. The standard InChI is InChI=1S/C17H29N3/c1-4-5-15-7-9-20(13-15)17-6-8-19-16(10-17)12-18-11-14(2)3/h6,8,10,14-15,18H,4-5,7,9,11-13H2,1-3H3. The number of rotatable bonds is 7. The van der Waals surface area contributed by atoms with E-state index in [2.05, 4.69) is 48.1 Å². The molecule has 3 nitrogen and oxygen atoms in total. The molecule has 2 heterocycles. The van der Waals surface area contributed by atoms with Gasteiger partial charge < -0.3 is 10.2 Å². The molecule has 1 unspecified atom stereocenters. The van der Waals surface area contributed by atoms with Crippen LogP contribution in [0.4, 0.5) is 5.69 Å². The monoisotopic (exact) mass is 275 g/mol. The van der Waals surface area contributed by atoms with Gasteiger partial charge in [0, 0.05) is 31.5 Å². The van der Waals surface area contributed by atoms with Crippen LogP contribution in [0.15, 0.2) is 18.3 Å². The second kappa shape index (κ2) is 7.63. The van der Waals surface area contributed by atoms with Gasteiger partial charge in [-0.2, -0.15) is 0 Å². The van der Waals surface area contributed by atoms with Gasteiger partial charge in [-0.25, -0.2) is 0 Å². The van der Waals surface area contributed by atoms with Crippen molar-refractivity contribution < 1.29 is 0 Å². The number of anilines is 1. The molecule has 20 heavy (non-hydrogen) atoms. The summed E-state index contributed by atoms with van der Waals surface area (Å²) in [7, 11) is 0. The molecular weight excluding hydrogens is 246 g/mol. The van der Waals surface area contributed by atoms with Gasteiger partial charge in [0.25, 0.3) is 0 Å². The van der Waals surface area contributed by atoms with Crippen LogP contribution in [0.3, 0.4) is 0 Å². The number of pyridine rings is 1. The molecule has 112 valence electrons. The lowest BCUT2D eigenvalue weighted by Gasteiger charge is -2.19. The van der Waals surface area contributed by atoms with Gasteiger partial charge in [0.15, 0.2) is 0 Å². The highest BCUT2D eigenvalue weighted by molar-refractivity contribution is 5.47. The average Bonchev–Trinajstić information content (AvgIpc) is 2.88. The highest BCUT2D eigenvalue weighted by Crippen LogP contribution is 2.26. The van der Waals surface area contributed by atoms with Crippen LogP contribution in [-0.4, -0.2) is 24.6 Å². The molecule has 0 bridgehead atoms. The predicted octanol–water partition coefficient (Wildman–Crippen LogP) is 3.45. The Kier molecular flexibility index (Phi) is 5.84. The zero-order chi connectivity index (χ0) is 14.4. The van der Waals surface area contributed by atoms with Crippen LogP contribution >= 0.6 is 0 Å². The molecule has 1 aliphatic heterocycles. The first-order chi connectivity index (χ1) is 9.69. The van der Waals surface area contributed by atoms with E-state index in [0.717, 1.165) is 24.7 Å². The molecule has 3 heteroatoms. The van der Waals surface area contributed by atoms with E-state index in [9.17, 15) is 0 Å². The molecule has 0 spiro atoms. The molecule has 1 aromatic heterocycles. The van der Waals surface area contributed by atoms with Crippen molar-refractivity contribution in [3.05, 3.63) is 24.0 Å². The fraction of sp³-hybridized carbons (Fsp3) is 0.706. The predicted molar refractivity (Wildman–Crippen MR) is 86.0 cm³/mol. The van der Waals surface area contributed by atoms with Crippen LogP contribution < -0.4 is 10.2 Å². The largest absolute Gasteiger partial charge is 0.371 e. The number of nitrogens with one attached hydrogen (secondary N) is 1. The van der Waals surface area contributed by atoms with Gasteiger partial charge in [0.2, 0.25) is 0 Å². The molecule has 0 amide bonds. The van der Waals surface area contributed by atoms with Gasteiger partial charge in [-0.3, -0.25) is 4.98 Å². The summed E-state index contributed by atoms with van der Waals surface area (Å²) in [5.74, 6) is 1.57. The van der Waals surface area contributed by atoms with Crippen molar-refractivity contribution in [3.63, 3.8) is 0 Å². The lowest BCUT2D eigenvalue weighted by atomic mass is 10.0. The summed E-state index contributed by atoms with van der Waals surface area (Å²) in [5, 5.41) is 3.47. The van der Waals surface area contributed by atoms with E-state index < -0.39 is 0 Å². The first-order valence-corrected chi connectivity index (χ1v) is 8.09. The van der Waals surface area contributed by atoms with Crippen molar-refractivity contribution >= 4 is 5.69 Å². The lowest BCUT2D eigenvalue weighted by molar-refractivity contribution is 0.529. The average molecular weight is 275 g/mol. The molecule has 1 aliphatic rings. The first kappa shape index (κ1) is 15.3. The van der Waals surface area contributed by atoms with Gasteiger partial charge >= 0.3 is 0 Å². The van der Waals surface area contributed by atoms with Crippen molar-refractivity contribution in [2.75, 3.05) is 24.5 Å². The maximum absolute atomic E-state index is 4.47. The minimum Gasteiger partial charge on any atom is -0.371 e. The Morgan fingerprint density at radius 1 is 1.45 bits per heavy atom. The van der Waals surface area contributed by atoms with Gasteiger partial charge in [0.05, 0.1) is 5.69 Å². The van der Waals surface area contributed by atoms with Gasteiger partial charge in [-0.1, -0.05) is 27.2 Å². The maximum Gasteiger partial charge on any atom is 0.0562 e. The Morgan fingerprint density at radius 3 is 3.05 bits per heavy atom. The van der Waals surface area contributed by atoms with Gasteiger partial charge in [-0.15, -0.1) is 0 Å². The highest BCUT2D eigenvalue weighted by Gasteiger charge is 2.21. The van der Waals surface area contributed by atoms with E-state index in [4.69, 9.17) is 0 Å². The zero-order valence-corrected chi connectivity index (χ0v) is 13.2. The summed E-state index contributed by atoms with van der Waals surface area (Å²) in [6.45, 7) is 11.1. The number of aromatic nitrogens is 1. The minimum absolute atomic E-state index is 0.687. The minimum atomic E-state index is 0.687. The topological polar surface area (TPSA) is 28.2 Å². The Labute approximate surface area is 123 Å². The number of hydrogen-bond acceptors (Lipinski definition) is 3. The molecule has 1 saturated heterocycles. The molecule has 0 aromatic carbocycles. The molecule has 1 atom stereocenters. The highest BCUT2D eigenvalue weighted by atomic mass is 15.2. The Bertz CT molecular complexity index is 403. The molecule has 1 N–H and O–H groups in total. The second-order valence-corrected chi connectivity index (χ2v) is 6.42. The third-order valence-corrected chi connectivity index (χ3v) is 4.01. The van der Waals surface area contributed by atoms with Crippen molar-refractivity contribution in [3.8, 4) is 0 Å². The van der Waals surface area contributed by atoms with Crippen LogP contribution in [0.25, 0.3) is 0 Å². The third-order valence-electron chi connectivity index (χ3n) is 4.01. The van der Waals surface area contributed by atoms with E-state index in [-0.39, 0.29) is 0 Å². The summed E-state index contributed by atoms with van der Waals surface area (Å²) >= 11 is 0. The zero-order valence-electron chi connectivity index (χ0n) is 13.2. The number of hydrogen-bond donors (Lipinski definition) is 1. The third kappa shape index (κ3) is 4.48. The van der Waals surface area contributed by atoms with Crippen LogP contribution in [-0.2, 0) is 6.54 Å². The van der Waals surface area contributed by atoms with Crippen LogP contribution in [0.1, 0.15) is 45.7 Å². The van der Waals surface area contributed by atoms with Crippen LogP contribution in [0.5, 0.6) is 0 Å². The number of nitrogens with zero attached hydrogens (tertiary/aromatic N) is 2. The Hall–Kier alpha value is -1.09. The molecule has 0 saturated carbocycles. The summed E-state index contributed by atoms with van der Waals surface area (Å²) in [5.41, 5.74) is 2.50. The summed E-state index contributed by atoms with van der Waals surface area (Å²) in [6.07, 6.45) is 5.97. The molecular formula is C17H29N3. The summed E-state index contributed by atoms with van der Waals surface area (Å²) < 4.78 is 0. The van der Waals surface area contributed by atoms with E-state index in [1.807, 2.05) is 6.20 Å². The molecule has 1 fully saturated rings. The van der Waals surface area contributed by atoms with E-state index in [1.165, 1.54) is 38.0 Å². The van der Waals surface area contributed by atoms with Gasteiger partial charge in [0.1, 0.15) is 0 Å². The normalized spacial score (nSPS) is 19.0. The van der Waals surface area contributed by atoms with Crippen LogP contribution in [0.2, 0.25) is 0 Å². The molecule has 2 rings (SSSR count). The molecule has 1 aromatic rings. The van der Waals surface area contributed by atoms with Crippen molar-refractivity contribution in [1.82, 2.24) is 10.3 Å². The maximum atomic E-state index is 4.47.